The fraction of sp³-hybridized carbons (Fsp3) is 0.188. The molecule has 110 valence electrons. The molecule has 2 rings (SSSR count). The Morgan fingerprint density at radius 2 is 1.76 bits per heavy atom. The van der Waals surface area contributed by atoms with Crippen LogP contribution in [0.2, 0.25) is 0 Å². The van der Waals surface area contributed by atoms with Gasteiger partial charge in [0.15, 0.2) is 11.5 Å². The van der Waals surface area contributed by atoms with Gasteiger partial charge in [0.1, 0.15) is 11.8 Å². The normalized spacial score (nSPS) is 11.7. The largest absolute Gasteiger partial charge is 0.493 e. The number of carboxylic acids is 1. The van der Waals surface area contributed by atoms with Crippen LogP contribution >= 0.6 is 0 Å². The summed E-state index contributed by atoms with van der Waals surface area (Å²) < 4.78 is 10.9. The van der Waals surface area contributed by atoms with Gasteiger partial charge in [-0.1, -0.05) is 24.3 Å². The number of para-hydroxylation sites is 2. The second kappa shape index (κ2) is 6.76. The molecular formula is C16H17NO4. The van der Waals surface area contributed by atoms with Crippen molar-refractivity contribution in [2.45, 2.75) is 12.5 Å². The molecule has 3 N–H and O–H groups in total. The van der Waals surface area contributed by atoms with Crippen molar-refractivity contribution in [2.24, 2.45) is 5.73 Å². The highest BCUT2D eigenvalue weighted by Crippen LogP contribution is 2.30. The molecule has 2 aromatic carbocycles. The Morgan fingerprint density at radius 3 is 2.33 bits per heavy atom. The summed E-state index contributed by atoms with van der Waals surface area (Å²) in [5, 5.41) is 8.79. The van der Waals surface area contributed by atoms with Crippen LogP contribution in [-0.4, -0.2) is 24.2 Å². The molecular weight excluding hydrogens is 270 g/mol. The zero-order valence-corrected chi connectivity index (χ0v) is 11.7. The van der Waals surface area contributed by atoms with Gasteiger partial charge in [-0.25, -0.2) is 0 Å². The Balaban J connectivity index is 2.07. The minimum absolute atomic E-state index is 0.282. The van der Waals surface area contributed by atoms with Crippen LogP contribution in [0, 0.1) is 0 Å². The van der Waals surface area contributed by atoms with Gasteiger partial charge < -0.3 is 20.3 Å². The maximum Gasteiger partial charge on any atom is 0.320 e. The molecule has 5 nitrogen and oxygen atoms in total. The molecule has 0 aromatic heterocycles. The summed E-state index contributed by atoms with van der Waals surface area (Å²) in [5.41, 5.74) is 6.35. The third-order valence-corrected chi connectivity index (χ3v) is 2.99. The quantitative estimate of drug-likeness (QED) is 0.852. The van der Waals surface area contributed by atoms with E-state index in [1.165, 1.54) is 0 Å². The van der Waals surface area contributed by atoms with Crippen molar-refractivity contribution < 1.29 is 19.4 Å². The molecule has 0 bridgehead atoms. The third kappa shape index (κ3) is 3.97. The maximum absolute atomic E-state index is 10.7. The zero-order valence-electron chi connectivity index (χ0n) is 11.7. The average Bonchev–Trinajstić information content (AvgIpc) is 2.49. The van der Waals surface area contributed by atoms with Crippen LogP contribution in [0.1, 0.15) is 5.56 Å². The van der Waals surface area contributed by atoms with Gasteiger partial charge in [-0.3, -0.25) is 4.79 Å². The van der Waals surface area contributed by atoms with Crippen molar-refractivity contribution in [1.29, 1.82) is 0 Å². The summed E-state index contributed by atoms with van der Waals surface area (Å²) in [6.45, 7) is 0. The van der Waals surface area contributed by atoms with Crippen molar-refractivity contribution >= 4 is 5.97 Å². The molecule has 0 aliphatic heterocycles. The lowest BCUT2D eigenvalue weighted by molar-refractivity contribution is -0.138. The number of rotatable bonds is 6. The Morgan fingerprint density at radius 1 is 1.14 bits per heavy atom. The fourth-order valence-corrected chi connectivity index (χ4v) is 1.86. The van der Waals surface area contributed by atoms with Crippen LogP contribution in [0.25, 0.3) is 0 Å². The van der Waals surface area contributed by atoms with Crippen molar-refractivity contribution in [3.8, 4) is 17.2 Å². The molecule has 0 heterocycles. The summed E-state index contributed by atoms with van der Waals surface area (Å²) in [5.74, 6) is 0.904. The Bertz CT molecular complexity index is 610. The summed E-state index contributed by atoms with van der Waals surface area (Å²) >= 11 is 0. The van der Waals surface area contributed by atoms with Crippen LogP contribution in [-0.2, 0) is 11.2 Å². The van der Waals surface area contributed by atoms with Gasteiger partial charge in [-0.2, -0.15) is 0 Å². The molecule has 0 radical (unpaired) electrons. The fourth-order valence-electron chi connectivity index (χ4n) is 1.86. The van der Waals surface area contributed by atoms with E-state index in [4.69, 9.17) is 20.3 Å². The number of carboxylic acid groups (broad SMARTS) is 1. The lowest BCUT2D eigenvalue weighted by atomic mass is 10.1. The molecule has 0 aliphatic carbocycles. The number of benzene rings is 2. The number of hydrogen-bond acceptors (Lipinski definition) is 4. The summed E-state index contributed by atoms with van der Waals surface area (Å²) in [6.07, 6.45) is 0.282. The first kappa shape index (κ1) is 14.9. The zero-order chi connectivity index (χ0) is 15.2. The van der Waals surface area contributed by atoms with Gasteiger partial charge in [0.2, 0.25) is 0 Å². The first-order valence-corrected chi connectivity index (χ1v) is 6.48. The van der Waals surface area contributed by atoms with E-state index in [-0.39, 0.29) is 6.42 Å². The van der Waals surface area contributed by atoms with E-state index in [9.17, 15) is 4.79 Å². The SMILES string of the molecule is COc1ccccc1Oc1ccc(C[C@H](N)C(=O)O)cc1. The smallest absolute Gasteiger partial charge is 0.320 e. The molecule has 0 saturated heterocycles. The number of aliphatic carboxylic acids is 1. The van der Waals surface area contributed by atoms with Crippen LogP contribution < -0.4 is 15.2 Å². The standard InChI is InChI=1S/C16H17NO4/c1-20-14-4-2-3-5-15(14)21-12-8-6-11(7-9-12)10-13(17)16(18)19/h2-9,13H,10,17H2,1H3,(H,18,19)/t13-/m0/s1. The van der Waals surface area contributed by atoms with E-state index >= 15 is 0 Å². The van der Waals surface area contributed by atoms with Gasteiger partial charge in [0, 0.05) is 0 Å². The number of ether oxygens (including phenoxy) is 2. The molecule has 5 heteroatoms. The average molecular weight is 287 g/mol. The van der Waals surface area contributed by atoms with Crippen LogP contribution in [0.5, 0.6) is 17.2 Å². The highest BCUT2D eigenvalue weighted by Gasteiger charge is 2.12. The molecule has 21 heavy (non-hydrogen) atoms. The van der Waals surface area contributed by atoms with E-state index in [1.54, 1.807) is 31.4 Å². The minimum atomic E-state index is -1.01. The third-order valence-electron chi connectivity index (χ3n) is 2.99. The van der Waals surface area contributed by atoms with Gasteiger partial charge in [-0.15, -0.1) is 0 Å². The molecule has 0 fully saturated rings. The highest BCUT2D eigenvalue weighted by molar-refractivity contribution is 5.73. The van der Waals surface area contributed by atoms with E-state index in [0.717, 1.165) is 5.56 Å². The molecule has 0 unspecified atom stereocenters. The van der Waals surface area contributed by atoms with Gasteiger partial charge in [0.25, 0.3) is 0 Å². The number of nitrogens with two attached hydrogens (primary N) is 1. The highest BCUT2D eigenvalue weighted by atomic mass is 16.5. The second-order valence-electron chi connectivity index (χ2n) is 4.55. The van der Waals surface area contributed by atoms with Crippen molar-refractivity contribution in [3.63, 3.8) is 0 Å². The van der Waals surface area contributed by atoms with Gasteiger partial charge in [0.05, 0.1) is 7.11 Å². The van der Waals surface area contributed by atoms with E-state index in [2.05, 4.69) is 0 Å². The van der Waals surface area contributed by atoms with Crippen molar-refractivity contribution in [1.82, 2.24) is 0 Å². The molecule has 0 amide bonds. The van der Waals surface area contributed by atoms with E-state index in [0.29, 0.717) is 17.2 Å². The topological polar surface area (TPSA) is 81.8 Å². The second-order valence-corrected chi connectivity index (χ2v) is 4.55. The lowest BCUT2D eigenvalue weighted by Gasteiger charge is -2.11. The van der Waals surface area contributed by atoms with Gasteiger partial charge in [-0.05, 0) is 36.2 Å². The lowest BCUT2D eigenvalue weighted by Crippen LogP contribution is -2.32. The summed E-state index contributed by atoms with van der Waals surface area (Å²) in [4.78, 5) is 10.7. The molecule has 0 saturated carbocycles. The monoisotopic (exact) mass is 287 g/mol. The number of methoxy groups -OCH3 is 1. The molecule has 2 aromatic rings. The number of hydrogen-bond donors (Lipinski definition) is 2. The molecule has 1 atom stereocenters. The number of carbonyl (C=O) groups is 1. The minimum Gasteiger partial charge on any atom is -0.493 e. The predicted octanol–water partition coefficient (Wildman–Crippen LogP) is 2.44. The first-order valence-electron chi connectivity index (χ1n) is 6.48. The van der Waals surface area contributed by atoms with E-state index < -0.39 is 12.0 Å². The Labute approximate surface area is 122 Å². The predicted molar refractivity (Wildman–Crippen MR) is 78.8 cm³/mol. The van der Waals surface area contributed by atoms with E-state index in [1.807, 2.05) is 24.3 Å². The van der Waals surface area contributed by atoms with Crippen LogP contribution in [0.4, 0.5) is 0 Å². The maximum atomic E-state index is 10.7. The first-order chi connectivity index (χ1) is 10.1. The van der Waals surface area contributed by atoms with Crippen LogP contribution in [0.3, 0.4) is 0 Å². The summed E-state index contributed by atoms with van der Waals surface area (Å²) in [6, 6.07) is 13.6. The van der Waals surface area contributed by atoms with Crippen molar-refractivity contribution in [3.05, 3.63) is 54.1 Å². The molecule has 0 spiro atoms. The van der Waals surface area contributed by atoms with Crippen LogP contribution in [0.15, 0.2) is 48.5 Å². The molecule has 0 aliphatic rings. The Kier molecular flexibility index (Phi) is 4.79. The van der Waals surface area contributed by atoms with Gasteiger partial charge >= 0.3 is 5.97 Å². The summed E-state index contributed by atoms with van der Waals surface area (Å²) in [7, 11) is 1.58. The Hall–Kier alpha value is -2.53. The van der Waals surface area contributed by atoms with Crippen molar-refractivity contribution in [2.75, 3.05) is 7.11 Å².